The van der Waals surface area contributed by atoms with Gasteiger partial charge in [0.2, 0.25) is 0 Å². The predicted molar refractivity (Wildman–Crippen MR) is 75.4 cm³/mol. The number of nitrogens with one attached hydrogen (secondary N) is 2. The number of amides is 1. The highest BCUT2D eigenvalue weighted by Crippen LogP contribution is 2.31. The van der Waals surface area contributed by atoms with Crippen molar-refractivity contribution in [2.24, 2.45) is 5.92 Å². The number of carbonyl (C=O) groups excluding carboxylic acids is 1. The molecular formula is C14H15N3OS. The van der Waals surface area contributed by atoms with Crippen molar-refractivity contribution in [1.29, 1.82) is 0 Å². The molecule has 1 aliphatic carbocycles. The van der Waals surface area contributed by atoms with Crippen molar-refractivity contribution in [3.8, 4) is 0 Å². The minimum absolute atomic E-state index is 0.00199. The summed E-state index contributed by atoms with van der Waals surface area (Å²) in [6, 6.07) is 4.66. The van der Waals surface area contributed by atoms with Gasteiger partial charge >= 0.3 is 0 Å². The Morgan fingerprint density at radius 2 is 2.42 bits per heavy atom. The Kier molecular flexibility index (Phi) is 2.56. The fourth-order valence-electron chi connectivity index (χ4n) is 3.24. The maximum Gasteiger partial charge on any atom is 0.253 e. The molecule has 3 atom stereocenters. The molecule has 0 radical (unpaired) electrons. The molecule has 2 bridgehead atoms. The molecule has 1 saturated heterocycles. The van der Waals surface area contributed by atoms with Crippen LogP contribution in [0.3, 0.4) is 0 Å². The lowest BCUT2D eigenvalue weighted by molar-refractivity contribution is 0.0928. The summed E-state index contributed by atoms with van der Waals surface area (Å²) in [6.07, 6.45) is 3.98. The fourth-order valence-corrected chi connectivity index (χ4v) is 4.02. The number of fused-ring (bicyclic) bond motifs is 3. The number of hydrogen-bond donors (Lipinski definition) is 2. The van der Waals surface area contributed by atoms with Crippen LogP contribution in [0.1, 0.15) is 23.2 Å². The Hall–Kier alpha value is -1.46. The SMILES string of the molecule is O=C(NC1CC2CNC1C2)c1cnc2ccsc2c1. The summed E-state index contributed by atoms with van der Waals surface area (Å²) < 4.78 is 1.07. The highest BCUT2D eigenvalue weighted by Gasteiger charge is 2.40. The van der Waals surface area contributed by atoms with Gasteiger partial charge in [-0.2, -0.15) is 0 Å². The van der Waals surface area contributed by atoms with Crippen LogP contribution in [0.25, 0.3) is 10.2 Å². The van der Waals surface area contributed by atoms with E-state index in [4.69, 9.17) is 0 Å². The van der Waals surface area contributed by atoms with Crippen LogP contribution in [0.2, 0.25) is 0 Å². The molecule has 1 saturated carbocycles. The number of pyridine rings is 1. The van der Waals surface area contributed by atoms with Crippen LogP contribution in [0, 0.1) is 5.92 Å². The molecule has 19 heavy (non-hydrogen) atoms. The standard InChI is InChI=1S/C14H15N3OS/c18-14(17-12-4-8-3-11(12)15-6-8)9-5-13-10(16-7-9)1-2-19-13/h1-2,5,7-8,11-12,15H,3-4,6H2,(H,17,18). The average molecular weight is 273 g/mol. The molecule has 3 unspecified atom stereocenters. The molecule has 2 aliphatic rings. The van der Waals surface area contributed by atoms with E-state index in [2.05, 4.69) is 15.6 Å². The number of nitrogens with zero attached hydrogens (tertiary/aromatic N) is 1. The fraction of sp³-hybridized carbons (Fsp3) is 0.429. The van der Waals surface area contributed by atoms with Crippen LogP contribution in [0.5, 0.6) is 0 Å². The van der Waals surface area contributed by atoms with Crippen LogP contribution in [0.15, 0.2) is 23.7 Å². The van der Waals surface area contributed by atoms with Crippen LogP contribution in [0.4, 0.5) is 0 Å². The lowest BCUT2D eigenvalue weighted by Crippen LogP contribution is -2.47. The maximum atomic E-state index is 12.3. The summed E-state index contributed by atoms with van der Waals surface area (Å²) in [4.78, 5) is 16.6. The van der Waals surface area contributed by atoms with Gasteiger partial charge in [-0.1, -0.05) is 0 Å². The van der Waals surface area contributed by atoms with Gasteiger partial charge in [-0.15, -0.1) is 11.3 Å². The van der Waals surface area contributed by atoms with Crippen LogP contribution in [-0.4, -0.2) is 29.5 Å². The summed E-state index contributed by atoms with van der Waals surface area (Å²) in [5.41, 5.74) is 1.63. The molecule has 3 heterocycles. The molecule has 0 spiro atoms. The van der Waals surface area contributed by atoms with Crippen molar-refractivity contribution in [1.82, 2.24) is 15.6 Å². The van der Waals surface area contributed by atoms with Gasteiger partial charge in [-0.05, 0) is 42.8 Å². The summed E-state index contributed by atoms with van der Waals surface area (Å²) in [6.45, 7) is 1.11. The van der Waals surface area contributed by atoms with E-state index in [1.165, 1.54) is 6.42 Å². The minimum Gasteiger partial charge on any atom is -0.348 e. The molecule has 4 nitrogen and oxygen atoms in total. The number of hydrogen-bond acceptors (Lipinski definition) is 4. The molecule has 0 aromatic carbocycles. The Bertz CT molecular complexity index is 638. The number of thiophene rings is 1. The topological polar surface area (TPSA) is 54.0 Å². The summed E-state index contributed by atoms with van der Waals surface area (Å²) in [5, 5.41) is 8.61. The summed E-state index contributed by atoms with van der Waals surface area (Å²) in [7, 11) is 0. The number of aromatic nitrogens is 1. The molecule has 5 heteroatoms. The number of piperidine rings is 1. The van der Waals surface area contributed by atoms with E-state index in [9.17, 15) is 4.79 Å². The Balaban J connectivity index is 1.53. The van der Waals surface area contributed by atoms with Crippen LogP contribution < -0.4 is 10.6 Å². The van der Waals surface area contributed by atoms with E-state index in [-0.39, 0.29) is 11.9 Å². The summed E-state index contributed by atoms with van der Waals surface area (Å²) >= 11 is 1.62. The smallest absolute Gasteiger partial charge is 0.253 e. The largest absolute Gasteiger partial charge is 0.348 e. The van der Waals surface area contributed by atoms with E-state index in [1.54, 1.807) is 17.5 Å². The molecule has 2 aromatic rings. The van der Waals surface area contributed by atoms with Gasteiger partial charge in [0.15, 0.2) is 0 Å². The van der Waals surface area contributed by atoms with Crippen molar-refractivity contribution in [2.75, 3.05) is 6.54 Å². The Labute approximate surface area is 115 Å². The average Bonchev–Trinajstić information content (AvgIpc) is 3.13. The molecule has 4 rings (SSSR count). The van der Waals surface area contributed by atoms with Crippen LogP contribution >= 0.6 is 11.3 Å². The maximum absolute atomic E-state index is 12.3. The third-order valence-corrected chi connectivity index (χ3v) is 5.06. The Morgan fingerprint density at radius 3 is 3.21 bits per heavy atom. The third-order valence-electron chi connectivity index (χ3n) is 4.21. The quantitative estimate of drug-likeness (QED) is 0.877. The zero-order chi connectivity index (χ0) is 12.8. The van der Waals surface area contributed by atoms with Gasteiger partial charge in [0, 0.05) is 18.3 Å². The lowest BCUT2D eigenvalue weighted by Gasteiger charge is -2.23. The number of carbonyl (C=O) groups is 1. The van der Waals surface area contributed by atoms with E-state index in [0.29, 0.717) is 11.6 Å². The second-order valence-corrected chi connectivity index (χ2v) is 6.41. The van der Waals surface area contributed by atoms with Gasteiger partial charge in [-0.25, -0.2) is 0 Å². The first-order valence-corrected chi connectivity index (χ1v) is 7.55. The van der Waals surface area contributed by atoms with Crippen molar-refractivity contribution in [2.45, 2.75) is 24.9 Å². The van der Waals surface area contributed by atoms with Gasteiger partial charge < -0.3 is 10.6 Å². The normalized spacial score (nSPS) is 28.9. The van der Waals surface area contributed by atoms with Crippen molar-refractivity contribution >= 4 is 27.5 Å². The van der Waals surface area contributed by atoms with Gasteiger partial charge in [0.05, 0.1) is 15.8 Å². The molecule has 2 aromatic heterocycles. The van der Waals surface area contributed by atoms with E-state index in [0.717, 1.165) is 29.1 Å². The van der Waals surface area contributed by atoms with Gasteiger partial charge in [-0.3, -0.25) is 9.78 Å². The first-order chi connectivity index (χ1) is 9.29. The van der Waals surface area contributed by atoms with Crippen molar-refractivity contribution < 1.29 is 4.79 Å². The second-order valence-electron chi connectivity index (χ2n) is 5.46. The minimum atomic E-state index is 0.00199. The predicted octanol–water partition coefficient (Wildman–Crippen LogP) is 1.78. The number of rotatable bonds is 2. The molecule has 1 amide bonds. The highest BCUT2D eigenvalue weighted by atomic mass is 32.1. The highest BCUT2D eigenvalue weighted by molar-refractivity contribution is 7.17. The molecule has 2 N–H and O–H groups in total. The first-order valence-electron chi connectivity index (χ1n) is 6.67. The van der Waals surface area contributed by atoms with E-state index >= 15 is 0 Å². The summed E-state index contributed by atoms with van der Waals surface area (Å²) in [5.74, 6) is 0.746. The zero-order valence-electron chi connectivity index (χ0n) is 10.4. The van der Waals surface area contributed by atoms with E-state index < -0.39 is 0 Å². The van der Waals surface area contributed by atoms with Gasteiger partial charge in [0.25, 0.3) is 5.91 Å². The zero-order valence-corrected chi connectivity index (χ0v) is 11.2. The second kappa shape index (κ2) is 4.28. The molecule has 2 fully saturated rings. The van der Waals surface area contributed by atoms with E-state index in [1.807, 2.05) is 17.5 Å². The monoisotopic (exact) mass is 273 g/mol. The lowest BCUT2D eigenvalue weighted by atomic mass is 10.1. The van der Waals surface area contributed by atoms with Crippen LogP contribution in [-0.2, 0) is 0 Å². The third kappa shape index (κ3) is 1.93. The van der Waals surface area contributed by atoms with Gasteiger partial charge in [0.1, 0.15) is 0 Å². The molecule has 1 aliphatic heterocycles. The van der Waals surface area contributed by atoms with Crippen molar-refractivity contribution in [3.63, 3.8) is 0 Å². The first kappa shape index (κ1) is 11.4. The molecular weight excluding hydrogens is 258 g/mol. The Morgan fingerprint density at radius 1 is 1.47 bits per heavy atom. The molecule has 98 valence electrons. The van der Waals surface area contributed by atoms with Crippen molar-refractivity contribution in [3.05, 3.63) is 29.3 Å².